The van der Waals surface area contributed by atoms with E-state index in [4.69, 9.17) is 15.2 Å². The average molecular weight is 361 g/mol. The number of benzene rings is 3. The van der Waals surface area contributed by atoms with Gasteiger partial charge in [0.2, 0.25) is 0 Å². The number of hydrogen-bond donors (Lipinski definition) is 1. The highest BCUT2D eigenvalue weighted by Crippen LogP contribution is 2.39. The summed E-state index contributed by atoms with van der Waals surface area (Å²) in [6.45, 7) is 0. The van der Waals surface area contributed by atoms with E-state index >= 15 is 0 Å². The van der Waals surface area contributed by atoms with Gasteiger partial charge in [-0.25, -0.2) is 9.59 Å². The first kappa shape index (κ1) is 18.2. The van der Waals surface area contributed by atoms with Gasteiger partial charge < -0.3 is 15.2 Å². The lowest BCUT2D eigenvalue weighted by atomic mass is 9.88. The van der Waals surface area contributed by atoms with Crippen LogP contribution in [0.1, 0.15) is 20.7 Å². The third-order valence-electron chi connectivity index (χ3n) is 4.31. The molecule has 3 rings (SSSR count). The van der Waals surface area contributed by atoms with Crippen LogP contribution in [0.2, 0.25) is 0 Å². The van der Waals surface area contributed by atoms with E-state index in [1.807, 2.05) is 60.7 Å². The number of methoxy groups -OCH3 is 2. The van der Waals surface area contributed by atoms with Crippen LogP contribution in [0.3, 0.4) is 0 Å². The Bertz CT molecular complexity index is 982. The van der Waals surface area contributed by atoms with Crippen LogP contribution in [0.25, 0.3) is 22.3 Å². The van der Waals surface area contributed by atoms with Crippen molar-refractivity contribution in [2.45, 2.75) is 0 Å². The molecular weight excluding hydrogens is 342 g/mol. The molecule has 0 atom stereocenters. The Morgan fingerprint density at radius 1 is 0.778 bits per heavy atom. The number of nitrogens with two attached hydrogens (primary N) is 1. The molecule has 0 spiro atoms. The number of carbonyl (C=O) groups excluding carboxylic acids is 2. The fourth-order valence-corrected chi connectivity index (χ4v) is 3.06. The molecule has 27 heavy (non-hydrogen) atoms. The first-order valence-electron chi connectivity index (χ1n) is 8.32. The standard InChI is InChI=1S/C22H19NO4/c1-26-21(24)17-13-16(14-9-5-3-6-10-14)19(22(25)27-2)20(23)18(17)15-11-7-4-8-12-15/h3-13H,23H2,1-2H3. The Morgan fingerprint density at radius 3 is 1.81 bits per heavy atom. The van der Waals surface area contributed by atoms with Gasteiger partial charge in [0.25, 0.3) is 0 Å². The van der Waals surface area contributed by atoms with Crippen LogP contribution in [0.4, 0.5) is 5.69 Å². The third kappa shape index (κ3) is 3.40. The number of carbonyl (C=O) groups is 2. The van der Waals surface area contributed by atoms with Crippen LogP contribution in [-0.2, 0) is 9.47 Å². The summed E-state index contributed by atoms with van der Waals surface area (Å²) in [4.78, 5) is 25.0. The summed E-state index contributed by atoms with van der Waals surface area (Å²) in [5.74, 6) is -1.10. The summed E-state index contributed by atoms with van der Waals surface area (Å²) in [5, 5.41) is 0. The Balaban J connectivity index is 2.41. The molecule has 136 valence electrons. The van der Waals surface area contributed by atoms with Gasteiger partial charge in [-0.05, 0) is 22.8 Å². The van der Waals surface area contributed by atoms with Crippen molar-refractivity contribution >= 4 is 17.6 Å². The maximum absolute atomic E-state index is 12.5. The maximum atomic E-state index is 12.5. The van der Waals surface area contributed by atoms with Gasteiger partial charge >= 0.3 is 11.9 Å². The fourth-order valence-electron chi connectivity index (χ4n) is 3.06. The van der Waals surface area contributed by atoms with Gasteiger partial charge in [-0.3, -0.25) is 0 Å². The number of anilines is 1. The molecule has 5 nitrogen and oxygen atoms in total. The van der Waals surface area contributed by atoms with Gasteiger partial charge in [0.1, 0.15) is 0 Å². The molecule has 3 aromatic carbocycles. The Kier molecular flexibility index (Phi) is 5.22. The van der Waals surface area contributed by atoms with E-state index in [0.29, 0.717) is 16.7 Å². The molecule has 5 heteroatoms. The van der Waals surface area contributed by atoms with E-state index in [0.717, 1.165) is 5.56 Å². The molecule has 0 amide bonds. The molecule has 0 saturated carbocycles. The lowest BCUT2D eigenvalue weighted by Crippen LogP contribution is -2.13. The second-order valence-electron chi connectivity index (χ2n) is 5.85. The molecule has 0 aliphatic rings. The molecule has 3 aromatic rings. The van der Waals surface area contributed by atoms with Gasteiger partial charge in [0.15, 0.2) is 0 Å². The highest BCUT2D eigenvalue weighted by molar-refractivity contribution is 6.11. The highest BCUT2D eigenvalue weighted by atomic mass is 16.5. The molecule has 0 bridgehead atoms. The summed E-state index contributed by atoms with van der Waals surface area (Å²) in [7, 11) is 2.61. The monoisotopic (exact) mass is 361 g/mol. The zero-order valence-electron chi connectivity index (χ0n) is 15.1. The fraction of sp³-hybridized carbons (Fsp3) is 0.0909. The number of esters is 2. The largest absolute Gasteiger partial charge is 0.465 e. The van der Waals surface area contributed by atoms with E-state index in [1.165, 1.54) is 14.2 Å². The first-order valence-corrected chi connectivity index (χ1v) is 8.32. The lowest BCUT2D eigenvalue weighted by Gasteiger charge is -2.18. The molecular formula is C22H19NO4. The topological polar surface area (TPSA) is 78.6 Å². The van der Waals surface area contributed by atoms with E-state index in [1.54, 1.807) is 6.07 Å². The molecule has 0 unspecified atom stereocenters. The van der Waals surface area contributed by atoms with Crippen molar-refractivity contribution in [3.8, 4) is 22.3 Å². The molecule has 0 aromatic heterocycles. The van der Waals surface area contributed by atoms with Crippen LogP contribution in [0.5, 0.6) is 0 Å². The normalized spacial score (nSPS) is 10.3. The van der Waals surface area contributed by atoms with E-state index in [-0.39, 0.29) is 16.8 Å². The Labute approximate surface area is 157 Å². The van der Waals surface area contributed by atoms with Crippen molar-refractivity contribution < 1.29 is 19.1 Å². The van der Waals surface area contributed by atoms with Gasteiger partial charge in [-0.1, -0.05) is 60.7 Å². The second kappa shape index (κ2) is 7.74. The molecule has 0 saturated heterocycles. The number of hydrogen-bond acceptors (Lipinski definition) is 5. The van der Waals surface area contributed by atoms with Crippen LogP contribution in [0, 0.1) is 0 Å². The summed E-state index contributed by atoms with van der Waals surface area (Å²) in [6.07, 6.45) is 0. The van der Waals surface area contributed by atoms with Crippen molar-refractivity contribution in [3.63, 3.8) is 0 Å². The van der Waals surface area contributed by atoms with Crippen molar-refractivity contribution in [1.82, 2.24) is 0 Å². The molecule has 0 aliphatic heterocycles. The molecule has 0 aliphatic carbocycles. The quantitative estimate of drug-likeness (QED) is 0.557. The zero-order valence-corrected chi connectivity index (χ0v) is 15.1. The lowest BCUT2D eigenvalue weighted by molar-refractivity contribution is 0.0589. The Morgan fingerprint density at radius 2 is 1.30 bits per heavy atom. The van der Waals surface area contributed by atoms with Crippen LogP contribution in [-0.4, -0.2) is 26.2 Å². The van der Waals surface area contributed by atoms with Gasteiger partial charge in [0.05, 0.1) is 31.0 Å². The zero-order chi connectivity index (χ0) is 19.4. The van der Waals surface area contributed by atoms with E-state index in [2.05, 4.69) is 0 Å². The predicted molar refractivity (Wildman–Crippen MR) is 104 cm³/mol. The SMILES string of the molecule is COC(=O)c1cc(-c2ccccc2)c(C(=O)OC)c(N)c1-c1ccccc1. The van der Waals surface area contributed by atoms with Crippen LogP contribution in [0.15, 0.2) is 66.7 Å². The summed E-state index contributed by atoms with van der Waals surface area (Å²) >= 11 is 0. The summed E-state index contributed by atoms with van der Waals surface area (Å²) in [6, 6.07) is 20.0. The molecule has 0 heterocycles. The predicted octanol–water partition coefficient (Wildman–Crippen LogP) is 4.18. The second-order valence-corrected chi connectivity index (χ2v) is 5.85. The van der Waals surface area contributed by atoms with Crippen molar-refractivity contribution in [2.75, 3.05) is 20.0 Å². The Hall–Kier alpha value is -3.60. The first-order chi connectivity index (χ1) is 13.1. The van der Waals surface area contributed by atoms with Crippen molar-refractivity contribution in [3.05, 3.63) is 77.9 Å². The third-order valence-corrected chi connectivity index (χ3v) is 4.31. The minimum Gasteiger partial charge on any atom is -0.465 e. The summed E-state index contributed by atoms with van der Waals surface area (Å²) < 4.78 is 9.92. The van der Waals surface area contributed by atoms with Gasteiger partial charge in [0, 0.05) is 5.56 Å². The van der Waals surface area contributed by atoms with Crippen LogP contribution < -0.4 is 5.73 Å². The van der Waals surface area contributed by atoms with E-state index in [9.17, 15) is 9.59 Å². The molecule has 0 fully saturated rings. The van der Waals surface area contributed by atoms with Crippen molar-refractivity contribution in [1.29, 1.82) is 0 Å². The van der Waals surface area contributed by atoms with Gasteiger partial charge in [-0.15, -0.1) is 0 Å². The number of nitrogen functional groups attached to an aromatic ring is 1. The number of rotatable bonds is 4. The summed E-state index contributed by atoms with van der Waals surface area (Å²) in [5.41, 5.74) is 9.51. The minimum absolute atomic E-state index is 0.176. The minimum atomic E-state index is -0.569. The average Bonchev–Trinajstić information content (AvgIpc) is 2.73. The van der Waals surface area contributed by atoms with Crippen molar-refractivity contribution in [2.24, 2.45) is 0 Å². The maximum Gasteiger partial charge on any atom is 0.340 e. The van der Waals surface area contributed by atoms with E-state index < -0.39 is 11.9 Å². The molecule has 0 radical (unpaired) electrons. The highest BCUT2D eigenvalue weighted by Gasteiger charge is 2.26. The number of ether oxygens (including phenoxy) is 2. The van der Waals surface area contributed by atoms with Gasteiger partial charge in [-0.2, -0.15) is 0 Å². The van der Waals surface area contributed by atoms with Crippen LogP contribution >= 0.6 is 0 Å². The smallest absolute Gasteiger partial charge is 0.340 e. The molecule has 2 N–H and O–H groups in total.